The highest BCUT2D eigenvalue weighted by Crippen LogP contribution is 2.35. The fraction of sp³-hybridized carbons (Fsp3) is 0.500. The van der Waals surface area contributed by atoms with Gasteiger partial charge >= 0.3 is 0 Å². The zero-order chi connectivity index (χ0) is 24.7. The first-order valence-electron chi connectivity index (χ1n) is 11.8. The minimum absolute atomic E-state index is 0.0768. The SMILES string of the molecule is CNc1cc(Nc2cccn(C3CC(OC)C3)c2=O)nc2c(C(=O)NC3CC[C@@]3(C)OC)cnn12. The molecule has 5 rings (SSSR count). The molecule has 2 saturated carbocycles. The number of nitrogens with zero attached hydrogens (tertiary/aromatic N) is 4. The predicted octanol–water partition coefficient (Wildman–Crippen LogP) is 2.32. The Hall–Kier alpha value is -3.44. The monoisotopic (exact) mass is 481 g/mol. The van der Waals surface area contributed by atoms with Crippen molar-refractivity contribution in [1.82, 2.24) is 24.5 Å². The van der Waals surface area contributed by atoms with E-state index in [2.05, 4.69) is 26.0 Å². The number of carbonyl (C=O) groups excluding carboxylic acids is 1. The summed E-state index contributed by atoms with van der Waals surface area (Å²) in [5.41, 5.74) is 0.638. The third-order valence-corrected chi connectivity index (χ3v) is 7.44. The summed E-state index contributed by atoms with van der Waals surface area (Å²) in [5, 5.41) is 13.6. The van der Waals surface area contributed by atoms with Gasteiger partial charge in [0.15, 0.2) is 5.65 Å². The second kappa shape index (κ2) is 8.97. The zero-order valence-electron chi connectivity index (χ0n) is 20.4. The van der Waals surface area contributed by atoms with Crippen LogP contribution >= 0.6 is 0 Å². The molecule has 0 aliphatic heterocycles. The van der Waals surface area contributed by atoms with Gasteiger partial charge < -0.3 is 30.0 Å². The van der Waals surface area contributed by atoms with E-state index in [1.165, 1.54) is 6.20 Å². The third-order valence-electron chi connectivity index (χ3n) is 7.44. The second-order valence-corrected chi connectivity index (χ2v) is 9.39. The molecule has 1 amide bonds. The topological polar surface area (TPSA) is 124 Å². The standard InChI is InChI=1S/C24H31N7O4/c1-24(35-4)8-7-18(24)28-22(32)16-13-26-31-20(25-2)12-19(29-21(16)31)27-17-6-5-9-30(23(17)33)14-10-15(11-14)34-3/h5-6,9,12-15,18,25H,7-8,10-11H2,1-4H3,(H,27,29)(H,28,32)/t14?,15?,18?,24-/m1/s1. The number of carbonyl (C=O) groups is 1. The van der Waals surface area contributed by atoms with E-state index in [1.54, 1.807) is 48.7 Å². The quantitative estimate of drug-likeness (QED) is 0.448. The normalized spacial score (nSPS) is 25.5. The molecule has 11 nitrogen and oxygen atoms in total. The molecule has 2 aliphatic rings. The Labute approximate surface area is 202 Å². The molecule has 3 heterocycles. The van der Waals surface area contributed by atoms with Crippen LogP contribution in [0, 0.1) is 0 Å². The molecule has 0 bridgehead atoms. The molecule has 0 aromatic carbocycles. The smallest absolute Gasteiger partial charge is 0.274 e. The summed E-state index contributed by atoms with van der Waals surface area (Å²) in [7, 11) is 5.11. The van der Waals surface area contributed by atoms with E-state index in [9.17, 15) is 9.59 Å². The summed E-state index contributed by atoms with van der Waals surface area (Å²) in [4.78, 5) is 30.8. The summed E-state index contributed by atoms with van der Waals surface area (Å²) in [6.07, 6.45) is 6.86. The van der Waals surface area contributed by atoms with Crippen LogP contribution in [0.3, 0.4) is 0 Å². The number of anilines is 3. The van der Waals surface area contributed by atoms with Crippen molar-refractivity contribution < 1.29 is 14.3 Å². The van der Waals surface area contributed by atoms with Crippen molar-refractivity contribution in [2.24, 2.45) is 0 Å². The van der Waals surface area contributed by atoms with Gasteiger partial charge in [0, 0.05) is 39.6 Å². The number of pyridine rings is 1. The Bertz CT molecular complexity index is 1310. The second-order valence-electron chi connectivity index (χ2n) is 9.39. The van der Waals surface area contributed by atoms with Crippen LogP contribution in [0.1, 0.15) is 49.0 Å². The van der Waals surface area contributed by atoms with Crippen LogP contribution in [0.15, 0.2) is 35.4 Å². The third kappa shape index (κ3) is 4.04. The molecule has 1 unspecified atom stereocenters. The number of aromatic nitrogens is 4. The van der Waals surface area contributed by atoms with Gasteiger partial charge in [-0.2, -0.15) is 9.61 Å². The molecule has 35 heavy (non-hydrogen) atoms. The summed E-state index contributed by atoms with van der Waals surface area (Å²) in [6.45, 7) is 1.99. The van der Waals surface area contributed by atoms with Crippen LogP contribution in [0.25, 0.3) is 5.65 Å². The van der Waals surface area contributed by atoms with E-state index in [-0.39, 0.29) is 35.3 Å². The lowest BCUT2D eigenvalue weighted by Crippen LogP contribution is -2.59. The fourth-order valence-electron chi connectivity index (χ4n) is 4.75. The van der Waals surface area contributed by atoms with Gasteiger partial charge in [-0.3, -0.25) is 9.59 Å². The number of nitrogens with one attached hydrogen (secondary N) is 3. The van der Waals surface area contributed by atoms with Crippen LogP contribution in [0.4, 0.5) is 17.3 Å². The van der Waals surface area contributed by atoms with E-state index >= 15 is 0 Å². The predicted molar refractivity (Wildman–Crippen MR) is 131 cm³/mol. The van der Waals surface area contributed by atoms with Gasteiger partial charge in [0.1, 0.15) is 22.9 Å². The molecule has 3 aromatic rings. The first-order valence-corrected chi connectivity index (χ1v) is 11.8. The molecule has 2 fully saturated rings. The Morgan fingerprint density at radius 1 is 1.29 bits per heavy atom. The lowest BCUT2D eigenvalue weighted by atomic mass is 9.76. The lowest BCUT2D eigenvalue weighted by Gasteiger charge is -2.45. The van der Waals surface area contributed by atoms with Gasteiger partial charge in [0.2, 0.25) is 0 Å². The molecule has 0 radical (unpaired) electrons. The maximum absolute atomic E-state index is 13.1. The highest BCUT2D eigenvalue weighted by molar-refractivity contribution is 6.00. The summed E-state index contributed by atoms with van der Waals surface area (Å²) in [6, 6.07) is 5.35. The van der Waals surface area contributed by atoms with Crippen molar-refractivity contribution in [3.63, 3.8) is 0 Å². The summed E-state index contributed by atoms with van der Waals surface area (Å²) in [5.74, 6) is 0.791. The maximum Gasteiger partial charge on any atom is 0.274 e. The van der Waals surface area contributed by atoms with Crippen molar-refractivity contribution in [2.75, 3.05) is 31.9 Å². The number of methoxy groups -OCH3 is 2. The molecule has 11 heteroatoms. The van der Waals surface area contributed by atoms with Crippen LogP contribution in [0.2, 0.25) is 0 Å². The molecule has 0 saturated heterocycles. The van der Waals surface area contributed by atoms with E-state index in [4.69, 9.17) is 9.47 Å². The molecule has 2 atom stereocenters. The molecule has 3 aromatic heterocycles. The van der Waals surface area contributed by atoms with Crippen molar-refractivity contribution in [1.29, 1.82) is 0 Å². The highest BCUT2D eigenvalue weighted by Gasteiger charge is 2.44. The number of hydrogen-bond acceptors (Lipinski definition) is 8. The molecule has 0 spiro atoms. The molecule has 186 valence electrons. The van der Waals surface area contributed by atoms with Crippen molar-refractivity contribution in [3.8, 4) is 0 Å². The minimum Gasteiger partial charge on any atom is -0.381 e. The first-order chi connectivity index (χ1) is 16.9. The van der Waals surface area contributed by atoms with E-state index < -0.39 is 0 Å². The van der Waals surface area contributed by atoms with Crippen molar-refractivity contribution in [3.05, 3.63) is 46.5 Å². The van der Waals surface area contributed by atoms with Gasteiger partial charge in [-0.1, -0.05) is 0 Å². The van der Waals surface area contributed by atoms with E-state index in [0.29, 0.717) is 28.5 Å². The Balaban J connectivity index is 1.43. The summed E-state index contributed by atoms with van der Waals surface area (Å²) >= 11 is 0. The van der Waals surface area contributed by atoms with Gasteiger partial charge in [-0.25, -0.2) is 4.98 Å². The first kappa shape index (κ1) is 23.3. The minimum atomic E-state index is -0.369. The van der Waals surface area contributed by atoms with Crippen LogP contribution in [0.5, 0.6) is 0 Å². The maximum atomic E-state index is 13.1. The fourth-order valence-corrected chi connectivity index (χ4v) is 4.75. The van der Waals surface area contributed by atoms with Crippen molar-refractivity contribution in [2.45, 2.75) is 56.4 Å². The van der Waals surface area contributed by atoms with Gasteiger partial charge in [0.05, 0.1) is 23.9 Å². The Kier molecular flexibility index (Phi) is 5.97. The van der Waals surface area contributed by atoms with Gasteiger partial charge in [0.25, 0.3) is 11.5 Å². The van der Waals surface area contributed by atoms with Crippen molar-refractivity contribution >= 4 is 28.9 Å². The average molecular weight is 482 g/mol. The van der Waals surface area contributed by atoms with Crippen LogP contribution < -0.4 is 21.5 Å². The highest BCUT2D eigenvalue weighted by atomic mass is 16.5. The number of amides is 1. The number of hydrogen-bond donors (Lipinski definition) is 3. The Morgan fingerprint density at radius 2 is 2.09 bits per heavy atom. The number of ether oxygens (including phenoxy) is 2. The lowest BCUT2D eigenvalue weighted by molar-refractivity contribution is -0.0828. The average Bonchev–Trinajstić information content (AvgIpc) is 3.26. The Morgan fingerprint density at radius 3 is 2.74 bits per heavy atom. The number of fused-ring (bicyclic) bond motifs is 1. The van der Waals surface area contributed by atoms with Gasteiger partial charge in [-0.05, 0) is 44.7 Å². The van der Waals surface area contributed by atoms with Crippen LogP contribution in [-0.4, -0.2) is 64.1 Å². The number of rotatable bonds is 8. The summed E-state index contributed by atoms with van der Waals surface area (Å²) < 4.78 is 14.2. The van der Waals surface area contributed by atoms with E-state index in [1.807, 2.05) is 13.0 Å². The zero-order valence-corrected chi connectivity index (χ0v) is 20.4. The van der Waals surface area contributed by atoms with Gasteiger partial charge in [-0.15, -0.1) is 0 Å². The molecular formula is C24H31N7O4. The van der Waals surface area contributed by atoms with E-state index in [0.717, 1.165) is 25.7 Å². The van der Waals surface area contributed by atoms with Crippen LogP contribution in [-0.2, 0) is 9.47 Å². The molecular weight excluding hydrogens is 450 g/mol. The molecule has 3 N–H and O–H groups in total. The largest absolute Gasteiger partial charge is 0.381 e. The molecule has 2 aliphatic carbocycles.